The molecule has 1 atom stereocenters. The molecule has 70 valence electrons. The number of likely N-dealkylation sites (tertiary alicyclic amines) is 1. The molecule has 0 N–H and O–H groups in total. The fourth-order valence-electron chi connectivity index (χ4n) is 1.18. The van der Waals surface area contributed by atoms with E-state index in [0.717, 1.165) is 4.90 Å². The van der Waals surface area contributed by atoms with E-state index >= 15 is 0 Å². The summed E-state index contributed by atoms with van der Waals surface area (Å²) in [5.74, 6) is -1.12. The molecular weight excluding hydrogens is 172 g/mol. The summed E-state index contributed by atoms with van der Waals surface area (Å²) in [6, 6.07) is 1.84. The van der Waals surface area contributed by atoms with Gasteiger partial charge in [0.2, 0.25) is 5.91 Å². The second-order valence-electron chi connectivity index (χ2n) is 2.66. The van der Waals surface area contributed by atoms with Crippen molar-refractivity contribution in [2.45, 2.75) is 13.3 Å². The lowest BCUT2D eigenvalue weighted by molar-refractivity contribution is -0.128. The topological polar surface area (TPSA) is 70.4 Å². The van der Waals surface area contributed by atoms with Crippen LogP contribution in [-0.4, -0.2) is 30.1 Å². The number of hydrogen-bond donors (Lipinski definition) is 0. The summed E-state index contributed by atoms with van der Waals surface area (Å²) in [6.07, 6.45) is -0.237. The van der Waals surface area contributed by atoms with Crippen LogP contribution in [0.5, 0.6) is 0 Å². The van der Waals surface area contributed by atoms with Crippen LogP contribution in [0.3, 0.4) is 0 Å². The van der Waals surface area contributed by atoms with Gasteiger partial charge in [0, 0.05) is 6.54 Å². The molecule has 1 aliphatic rings. The SMILES string of the molecule is CCOC(=O)N1CCC(C#N)C1=O. The van der Waals surface area contributed by atoms with Crippen LogP contribution in [0, 0.1) is 17.2 Å². The van der Waals surface area contributed by atoms with Crippen LogP contribution in [0.2, 0.25) is 0 Å². The Kier molecular flexibility index (Phi) is 2.85. The average molecular weight is 182 g/mol. The van der Waals surface area contributed by atoms with Gasteiger partial charge in [-0.25, -0.2) is 9.69 Å². The van der Waals surface area contributed by atoms with Gasteiger partial charge in [0.05, 0.1) is 12.7 Å². The number of nitriles is 1. The van der Waals surface area contributed by atoms with Crippen molar-refractivity contribution in [3.8, 4) is 6.07 Å². The Labute approximate surface area is 75.9 Å². The van der Waals surface area contributed by atoms with Crippen LogP contribution in [-0.2, 0) is 9.53 Å². The van der Waals surface area contributed by atoms with Crippen molar-refractivity contribution in [3.05, 3.63) is 0 Å². The van der Waals surface area contributed by atoms with Crippen LogP contribution in [0.15, 0.2) is 0 Å². The van der Waals surface area contributed by atoms with Gasteiger partial charge in [0.25, 0.3) is 0 Å². The second-order valence-corrected chi connectivity index (χ2v) is 2.66. The van der Waals surface area contributed by atoms with Crippen molar-refractivity contribution in [1.29, 1.82) is 5.26 Å². The van der Waals surface area contributed by atoms with Gasteiger partial charge in [-0.1, -0.05) is 0 Å². The second kappa shape index (κ2) is 3.90. The highest BCUT2D eigenvalue weighted by molar-refractivity contribution is 5.96. The molecule has 0 bridgehead atoms. The van der Waals surface area contributed by atoms with E-state index in [4.69, 9.17) is 5.26 Å². The van der Waals surface area contributed by atoms with Gasteiger partial charge in [0.15, 0.2) is 0 Å². The highest BCUT2D eigenvalue weighted by Gasteiger charge is 2.36. The first-order valence-corrected chi connectivity index (χ1v) is 4.08. The molecule has 0 radical (unpaired) electrons. The Balaban J connectivity index is 2.60. The zero-order chi connectivity index (χ0) is 9.84. The van der Waals surface area contributed by atoms with Gasteiger partial charge < -0.3 is 4.74 Å². The summed E-state index contributed by atoms with van der Waals surface area (Å²) in [5.41, 5.74) is 0. The Morgan fingerprint density at radius 3 is 3.00 bits per heavy atom. The smallest absolute Gasteiger partial charge is 0.416 e. The summed E-state index contributed by atoms with van der Waals surface area (Å²) < 4.78 is 4.65. The van der Waals surface area contributed by atoms with Crippen molar-refractivity contribution >= 4 is 12.0 Å². The normalized spacial score (nSPS) is 21.4. The highest BCUT2D eigenvalue weighted by atomic mass is 16.6. The predicted octanol–water partition coefficient (Wildman–Crippen LogP) is 0.515. The van der Waals surface area contributed by atoms with Crippen molar-refractivity contribution < 1.29 is 14.3 Å². The van der Waals surface area contributed by atoms with E-state index in [9.17, 15) is 9.59 Å². The Morgan fingerprint density at radius 1 is 1.85 bits per heavy atom. The lowest BCUT2D eigenvalue weighted by Gasteiger charge is -2.12. The number of imide groups is 1. The average Bonchev–Trinajstić information content (AvgIpc) is 2.47. The molecule has 1 heterocycles. The molecule has 1 fully saturated rings. The number of carbonyl (C=O) groups is 2. The molecule has 0 aromatic heterocycles. The van der Waals surface area contributed by atoms with E-state index in [0.29, 0.717) is 6.42 Å². The maximum absolute atomic E-state index is 11.3. The lowest BCUT2D eigenvalue weighted by Crippen LogP contribution is -2.34. The minimum atomic E-state index is -0.676. The first-order valence-electron chi connectivity index (χ1n) is 4.08. The van der Waals surface area contributed by atoms with E-state index in [-0.39, 0.29) is 13.2 Å². The standard InChI is InChI=1S/C8H10N2O3/c1-2-13-8(12)10-4-3-6(5-9)7(10)11/h6H,2-4H2,1H3. The molecule has 0 aromatic rings. The fraction of sp³-hybridized carbons (Fsp3) is 0.625. The van der Waals surface area contributed by atoms with Crippen LogP contribution >= 0.6 is 0 Å². The van der Waals surface area contributed by atoms with E-state index in [1.165, 1.54) is 0 Å². The van der Waals surface area contributed by atoms with Crippen molar-refractivity contribution in [3.63, 3.8) is 0 Å². The summed E-state index contributed by atoms with van der Waals surface area (Å²) >= 11 is 0. The van der Waals surface area contributed by atoms with Crippen LogP contribution in [0.1, 0.15) is 13.3 Å². The third kappa shape index (κ3) is 1.78. The van der Waals surface area contributed by atoms with E-state index in [2.05, 4.69) is 4.74 Å². The Hall–Kier alpha value is -1.57. The lowest BCUT2D eigenvalue weighted by atomic mass is 10.1. The van der Waals surface area contributed by atoms with Crippen LogP contribution in [0.25, 0.3) is 0 Å². The predicted molar refractivity (Wildman–Crippen MR) is 42.5 cm³/mol. The number of hydrogen-bond acceptors (Lipinski definition) is 4. The van der Waals surface area contributed by atoms with Gasteiger partial charge in [-0.05, 0) is 13.3 Å². The molecule has 1 unspecified atom stereocenters. The number of rotatable bonds is 1. The number of carbonyl (C=O) groups excluding carboxylic acids is 2. The third-order valence-electron chi connectivity index (χ3n) is 1.85. The van der Waals surface area contributed by atoms with Crippen molar-refractivity contribution in [2.75, 3.05) is 13.2 Å². The van der Waals surface area contributed by atoms with Gasteiger partial charge in [-0.15, -0.1) is 0 Å². The minimum Gasteiger partial charge on any atom is -0.449 e. The van der Waals surface area contributed by atoms with Crippen molar-refractivity contribution in [2.24, 2.45) is 5.92 Å². The summed E-state index contributed by atoms with van der Waals surface area (Å²) in [4.78, 5) is 23.3. The minimum absolute atomic E-state index is 0.236. The molecule has 0 aliphatic carbocycles. The molecule has 5 nitrogen and oxygen atoms in total. The largest absolute Gasteiger partial charge is 0.449 e. The molecule has 1 rings (SSSR count). The van der Waals surface area contributed by atoms with Crippen LogP contribution < -0.4 is 0 Å². The number of ether oxygens (including phenoxy) is 1. The van der Waals surface area contributed by atoms with E-state index in [1.54, 1.807) is 6.92 Å². The quantitative estimate of drug-likeness (QED) is 0.592. The monoisotopic (exact) mass is 182 g/mol. The zero-order valence-corrected chi connectivity index (χ0v) is 7.32. The molecule has 0 saturated carbocycles. The number of nitrogens with zero attached hydrogens (tertiary/aromatic N) is 2. The molecule has 5 heteroatoms. The maximum atomic E-state index is 11.3. The molecule has 0 aromatic carbocycles. The molecule has 2 amide bonds. The summed E-state index contributed by atoms with van der Waals surface area (Å²) in [5, 5.41) is 8.52. The maximum Gasteiger partial charge on any atom is 0.416 e. The third-order valence-corrected chi connectivity index (χ3v) is 1.85. The Bertz CT molecular complexity index is 269. The zero-order valence-electron chi connectivity index (χ0n) is 7.32. The molecule has 13 heavy (non-hydrogen) atoms. The Morgan fingerprint density at radius 2 is 2.54 bits per heavy atom. The summed E-state index contributed by atoms with van der Waals surface area (Å²) in [6.45, 7) is 2.19. The molecule has 1 saturated heterocycles. The fourth-order valence-corrected chi connectivity index (χ4v) is 1.18. The molecular formula is C8H10N2O3. The van der Waals surface area contributed by atoms with Gasteiger partial charge in [-0.2, -0.15) is 5.26 Å². The molecule has 0 spiro atoms. The number of amides is 2. The van der Waals surface area contributed by atoms with Gasteiger partial charge in [-0.3, -0.25) is 4.79 Å². The van der Waals surface area contributed by atoms with Crippen LogP contribution in [0.4, 0.5) is 4.79 Å². The van der Waals surface area contributed by atoms with E-state index in [1.807, 2.05) is 6.07 Å². The summed E-state index contributed by atoms with van der Waals surface area (Å²) in [7, 11) is 0. The van der Waals surface area contributed by atoms with E-state index < -0.39 is 17.9 Å². The van der Waals surface area contributed by atoms with Gasteiger partial charge >= 0.3 is 6.09 Å². The van der Waals surface area contributed by atoms with Crippen molar-refractivity contribution in [1.82, 2.24) is 4.90 Å². The van der Waals surface area contributed by atoms with Gasteiger partial charge in [0.1, 0.15) is 5.92 Å². The molecule has 1 aliphatic heterocycles. The highest BCUT2D eigenvalue weighted by Crippen LogP contribution is 2.17. The first-order chi connectivity index (χ1) is 6.20. The first kappa shape index (κ1) is 9.52.